The summed E-state index contributed by atoms with van der Waals surface area (Å²) in [6.07, 6.45) is 1.86. The van der Waals surface area contributed by atoms with Gasteiger partial charge < -0.3 is 11.1 Å². The van der Waals surface area contributed by atoms with Crippen LogP contribution in [0.4, 0.5) is 0 Å². The summed E-state index contributed by atoms with van der Waals surface area (Å²) in [5.41, 5.74) is 5.64. The van der Waals surface area contributed by atoms with Gasteiger partial charge in [-0.25, -0.2) is 0 Å². The molecule has 0 radical (unpaired) electrons. The first-order chi connectivity index (χ1) is 7.86. The molecule has 4 heteroatoms. The second-order valence-corrected chi connectivity index (χ2v) is 6.99. The Morgan fingerprint density at radius 3 is 2.24 bits per heavy atom. The van der Waals surface area contributed by atoms with Crippen LogP contribution in [-0.2, 0) is 4.79 Å². The van der Waals surface area contributed by atoms with Crippen LogP contribution < -0.4 is 11.1 Å². The molecule has 0 amide bonds. The van der Waals surface area contributed by atoms with Crippen LogP contribution in [0, 0.1) is 0 Å². The largest absolute Gasteiger partial charge is 0.330 e. The van der Waals surface area contributed by atoms with Gasteiger partial charge in [0.1, 0.15) is 5.78 Å². The Balaban J connectivity index is 4.38. The minimum absolute atomic E-state index is 0.0298. The molecule has 0 saturated heterocycles. The minimum Gasteiger partial charge on any atom is -0.330 e. The smallest absolute Gasteiger partial charge is 0.146 e. The Labute approximate surface area is 110 Å². The van der Waals surface area contributed by atoms with Crippen molar-refractivity contribution < 1.29 is 4.79 Å². The van der Waals surface area contributed by atoms with Crippen LogP contribution >= 0.6 is 11.8 Å². The Bertz CT molecular complexity index is 219. The number of nitrogens with one attached hydrogen (secondary N) is 1. The summed E-state index contributed by atoms with van der Waals surface area (Å²) in [5.74, 6) is 0.227. The average Bonchev–Trinajstić information content (AvgIpc) is 2.15. The zero-order chi connectivity index (χ0) is 13.4. The fourth-order valence-electron chi connectivity index (χ4n) is 1.83. The molecule has 0 aliphatic rings. The van der Waals surface area contributed by atoms with Gasteiger partial charge >= 0.3 is 0 Å². The SMILES string of the molecule is CC(=O)C(CC(CCN)SC(C)C)NC(C)C. The van der Waals surface area contributed by atoms with Gasteiger partial charge in [0.25, 0.3) is 0 Å². The van der Waals surface area contributed by atoms with Gasteiger partial charge in [-0.05, 0) is 31.6 Å². The van der Waals surface area contributed by atoms with Crippen molar-refractivity contribution in [2.24, 2.45) is 5.73 Å². The molecule has 2 atom stereocenters. The van der Waals surface area contributed by atoms with Crippen molar-refractivity contribution in [2.45, 2.75) is 70.0 Å². The number of nitrogens with two attached hydrogens (primary N) is 1. The molecule has 0 rings (SSSR count). The van der Waals surface area contributed by atoms with E-state index in [2.05, 4.69) is 33.0 Å². The van der Waals surface area contributed by atoms with E-state index in [1.165, 1.54) is 0 Å². The molecule has 0 aromatic heterocycles. The van der Waals surface area contributed by atoms with Crippen molar-refractivity contribution in [3.05, 3.63) is 0 Å². The average molecular weight is 260 g/mol. The van der Waals surface area contributed by atoms with E-state index in [-0.39, 0.29) is 11.8 Å². The molecule has 0 aliphatic heterocycles. The van der Waals surface area contributed by atoms with Crippen LogP contribution in [-0.4, -0.2) is 34.9 Å². The summed E-state index contributed by atoms with van der Waals surface area (Å²) in [7, 11) is 0. The number of carbonyl (C=O) groups is 1. The molecule has 3 N–H and O–H groups in total. The lowest BCUT2D eigenvalue weighted by Crippen LogP contribution is -2.42. The standard InChI is InChI=1S/C13H28N2OS/c1-9(2)15-13(11(5)16)8-12(6-7-14)17-10(3)4/h9-10,12-13,15H,6-8,14H2,1-5H3. The van der Waals surface area contributed by atoms with E-state index in [1.807, 2.05) is 11.8 Å². The zero-order valence-electron chi connectivity index (χ0n) is 11.8. The molecule has 0 aromatic carbocycles. The Morgan fingerprint density at radius 2 is 1.88 bits per heavy atom. The summed E-state index contributed by atoms with van der Waals surface area (Å²) < 4.78 is 0. The van der Waals surface area contributed by atoms with E-state index in [4.69, 9.17) is 5.73 Å². The second kappa shape index (κ2) is 8.95. The van der Waals surface area contributed by atoms with Crippen LogP contribution in [0.15, 0.2) is 0 Å². The van der Waals surface area contributed by atoms with E-state index in [0.29, 0.717) is 23.1 Å². The third-order valence-electron chi connectivity index (χ3n) is 2.48. The van der Waals surface area contributed by atoms with Gasteiger partial charge in [0, 0.05) is 11.3 Å². The highest BCUT2D eigenvalue weighted by molar-refractivity contribution is 8.00. The summed E-state index contributed by atoms with van der Waals surface area (Å²) in [6.45, 7) is 10.9. The molecule has 0 spiro atoms. The van der Waals surface area contributed by atoms with Crippen molar-refractivity contribution in [1.82, 2.24) is 5.32 Å². The number of thioether (sulfide) groups is 1. The van der Waals surface area contributed by atoms with Crippen molar-refractivity contribution >= 4 is 17.5 Å². The van der Waals surface area contributed by atoms with Crippen LogP contribution in [0.1, 0.15) is 47.5 Å². The van der Waals surface area contributed by atoms with Crippen LogP contribution in [0.3, 0.4) is 0 Å². The number of rotatable bonds is 9. The summed E-state index contributed by atoms with van der Waals surface area (Å²) in [6, 6.07) is 0.310. The normalized spacial score (nSPS) is 15.3. The zero-order valence-corrected chi connectivity index (χ0v) is 12.6. The third kappa shape index (κ3) is 8.63. The fourth-order valence-corrected chi connectivity index (χ4v) is 3.17. The summed E-state index contributed by atoms with van der Waals surface area (Å²) in [4.78, 5) is 11.6. The highest BCUT2D eigenvalue weighted by Gasteiger charge is 2.21. The van der Waals surface area contributed by atoms with Gasteiger partial charge in [0.05, 0.1) is 6.04 Å². The van der Waals surface area contributed by atoms with Gasteiger partial charge in [0.15, 0.2) is 0 Å². The van der Waals surface area contributed by atoms with Gasteiger partial charge in [-0.1, -0.05) is 27.7 Å². The summed E-state index contributed by atoms with van der Waals surface area (Å²) in [5, 5.41) is 4.39. The lowest BCUT2D eigenvalue weighted by Gasteiger charge is -2.25. The quantitative estimate of drug-likeness (QED) is 0.667. The topological polar surface area (TPSA) is 55.1 Å². The fraction of sp³-hybridized carbons (Fsp3) is 0.923. The Hall–Kier alpha value is -0.0600. The molecule has 0 heterocycles. The molecular weight excluding hydrogens is 232 g/mol. The predicted octanol–water partition coefficient (Wildman–Crippen LogP) is 2.19. The van der Waals surface area contributed by atoms with Gasteiger partial charge in [0.2, 0.25) is 0 Å². The van der Waals surface area contributed by atoms with Crippen LogP contribution in [0.5, 0.6) is 0 Å². The number of hydrogen-bond donors (Lipinski definition) is 2. The molecule has 102 valence electrons. The first-order valence-corrected chi connectivity index (χ1v) is 7.43. The predicted molar refractivity (Wildman–Crippen MR) is 77.5 cm³/mol. The lowest BCUT2D eigenvalue weighted by molar-refractivity contribution is -0.119. The maximum Gasteiger partial charge on any atom is 0.146 e. The minimum atomic E-state index is -0.0298. The molecule has 17 heavy (non-hydrogen) atoms. The molecule has 0 saturated carbocycles. The highest BCUT2D eigenvalue weighted by Crippen LogP contribution is 2.24. The number of hydrogen-bond acceptors (Lipinski definition) is 4. The van der Waals surface area contributed by atoms with Gasteiger partial charge in [-0.15, -0.1) is 0 Å². The Kier molecular flexibility index (Phi) is 8.92. The van der Waals surface area contributed by atoms with E-state index in [1.54, 1.807) is 6.92 Å². The Morgan fingerprint density at radius 1 is 1.29 bits per heavy atom. The molecular formula is C13H28N2OS. The highest BCUT2D eigenvalue weighted by atomic mass is 32.2. The van der Waals surface area contributed by atoms with E-state index in [0.717, 1.165) is 12.8 Å². The maximum atomic E-state index is 11.6. The first kappa shape index (κ1) is 16.9. The van der Waals surface area contributed by atoms with Crippen molar-refractivity contribution in [2.75, 3.05) is 6.54 Å². The molecule has 2 unspecified atom stereocenters. The third-order valence-corrected chi connectivity index (χ3v) is 3.83. The number of ketones is 1. The van der Waals surface area contributed by atoms with Gasteiger partial charge in [-0.2, -0.15) is 11.8 Å². The second-order valence-electron chi connectivity index (χ2n) is 5.10. The van der Waals surface area contributed by atoms with E-state index >= 15 is 0 Å². The van der Waals surface area contributed by atoms with Crippen LogP contribution in [0.25, 0.3) is 0 Å². The van der Waals surface area contributed by atoms with Gasteiger partial charge in [-0.3, -0.25) is 4.79 Å². The number of carbonyl (C=O) groups excluding carboxylic acids is 1. The molecule has 0 aliphatic carbocycles. The first-order valence-electron chi connectivity index (χ1n) is 6.48. The van der Waals surface area contributed by atoms with E-state index < -0.39 is 0 Å². The summed E-state index contributed by atoms with van der Waals surface area (Å²) >= 11 is 1.92. The molecule has 0 bridgehead atoms. The van der Waals surface area contributed by atoms with Crippen LogP contribution in [0.2, 0.25) is 0 Å². The maximum absolute atomic E-state index is 11.6. The van der Waals surface area contributed by atoms with Crippen molar-refractivity contribution in [3.8, 4) is 0 Å². The van der Waals surface area contributed by atoms with Crippen molar-refractivity contribution in [1.29, 1.82) is 0 Å². The number of Topliss-reactive ketones (excluding diaryl/α,β-unsaturated/α-hetero) is 1. The lowest BCUT2D eigenvalue weighted by atomic mass is 10.0. The molecule has 0 fully saturated rings. The molecule has 0 aromatic rings. The van der Waals surface area contributed by atoms with E-state index in [9.17, 15) is 4.79 Å². The monoisotopic (exact) mass is 260 g/mol. The molecule has 3 nitrogen and oxygen atoms in total. The van der Waals surface area contributed by atoms with Crippen molar-refractivity contribution in [3.63, 3.8) is 0 Å².